The number of aromatic nitrogens is 2. The van der Waals surface area contributed by atoms with Crippen LogP contribution in [0.3, 0.4) is 0 Å². The molecule has 7 nitrogen and oxygen atoms in total. The van der Waals surface area contributed by atoms with E-state index >= 15 is 0 Å². The Hall–Kier alpha value is -2.60. The first-order valence-corrected chi connectivity index (χ1v) is 10.5. The minimum Gasteiger partial charge on any atom is -0.474 e. The van der Waals surface area contributed by atoms with E-state index < -0.39 is 12.7 Å². The van der Waals surface area contributed by atoms with Gasteiger partial charge in [-0.3, -0.25) is 4.79 Å². The summed E-state index contributed by atoms with van der Waals surface area (Å²) < 4.78 is 7.09. The third-order valence-electron chi connectivity index (χ3n) is 4.32. The Morgan fingerprint density at radius 1 is 1.50 bits per heavy atom. The zero-order valence-corrected chi connectivity index (χ0v) is 19.5. The van der Waals surface area contributed by atoms with Gasteiger partial charge >= 0.3 is 0 Å². The van der Waals surface area contributed by atoms with E-state index in [9.17, 15) is 9.90 Å². The first kappa shape index (κ1) is 25.7. The molecule has 2 rings (SSSR count). The van der Waals surface area contributed by atoms with Gasteiger partial charge in [0.05, 0.1) is 29.4 Å². The van der Waals surface area contributed by atoms with Crippen molar-refractivity contribution < 1.29 is 14.9 Å². The minimum absolute atomic E-state index is 0.0251. The number of halogens is 2. The number of rotatable bonds is 7. The third-order valence-corrected chi connectivity index (χ3v) is 5.06. The predicted octanol–water partition coefficient (Wildman–Crippen LogP) is 2.98. The van der Waals surface area contributed by atoms with Crippen molar-refractivity contribution in [1.29, 1.82) is 0 Å². The Balaban J connectivity index is 2.76. The molecule has 2 unspecified atom stereocenters. The van der Waals surface area contributed by atoms with Crippen molar-refractivity contribution >= 4 is 39.3 Å². The molecule has 0 bridgehead atoms. The van der Waals surface area contributed by atoms with Gasteiger partial charge in [-0.05, 0) is 32.4 Å². The van der Waals surface area contributed by atoms with E-state index in [-0.39, 0.29) is 39.5 Å². The van der Waals surface area contributed by atoms with Crippen molar-refractivity contribution in [2.24, 2.45) is 5.73 Å². The number of aryl methyl sites for hydroxylation is 1. The molecule has 0 aliphatic heterocycles. The van der Waals surface area contributed by atoms with Crippen molar-refractivity contribution in [1.82, 2.24) is 9.55 Å². The van der Waals surface area contributed by atoms with Crippen molar-refractivity contribution in [3.8, 4) is 17.7 Å². The maximum atomic E-state index is 12.8. The fourth-order valence-electron chi connectivity index (χ4n) is 2.81. The van der Waals surface area contributed by atoms with E-state index in [0.717, 1.165) is 0 Å². The lowest BCUT2D eigenvalue weighted by atomic mass is 10.1. The van der Waals surface area contributed by atoms with Gasteiger partial charge in [0.25, 0.3) is 0 Å². The molecule has 0 radical (unpaired) electrons. The molecule has 0 spiro atoms. The summed E-state index contributed by atoms with van der Waals surface area (Å²) in [6.45, 7) is 8.29. The fraction of sp³-hybridized carbons (Fsp3) is 0.304. The van der Waals surface area contributed by atoms with Gasteiger partial charge in [-0.25, -0.2) is 4.98 Å². The molecule has 2 aromatic rings. The Morgan fingerprint density at radius 2 is 2.19 bits per heavy atom. The van der Waals surface area contributed by atoms with Crippen molar-refractivity contribution in [2.45, 2.75) is 32.9 Å². The summed E-state index contributed by atoms with van der Waals surface area (Å²) >= 11 is 13.1. The minimum atomic E-state index is -1.12. The molecule has 2 aromatic heterocycles. The largest absolute Gasteiger partial charge is 0.474 e. The van der Waals surface area contributed by atoms with Crippen LogP contribution in [0.1, 0.15) is 19.5 Å². The number of aliphatic hydroxyl groups excluding tert-OH is 2. The molecule has 2 atom stereocenters. The Labute approximate surface area is 196 Å². The van der Waals surface area contributed by atoms with Crippen molar-refractivity contribution in [2.75, 3.05) is 13.2 Å². The predicted molar refractivity (Wildman–Crippen MR) is 129 cm³/mol. The first-order valence-electron chi connectivity index (χ1n) is 9.71. The monoisotopic (exact) mass is 477 g/mol. The van der Waals surface area contributed by atoms with Crippen LogP contribution in [0, 0.1) is 18.8 Å². The SMILES string of the molecule is C=C/C(C#CC(C)N)=C\C(C)=C(/Cl)n1c(C)cc(=O)c2c(OCC(O)CO)ncc(Cl)c21. The smallest absolute Gasteiger partial charge is 0.227 e. The van der Waals surface area contributed by atoms with E-state index in [0.29, 0.717) is 22.4 Å². The van der Waals surface area contributed by atoms with Crippen LogP contribution in [0.15, 0.2) is 46.9 Å². The summed E-state index contributed by atoms with van der Waals surface area (Å²) in [4.78, 5) is 16.9. The van der Waals surface area contributed by atoms with Gasteiger partial charge in [0.15, 0.2) is 5.43 Å². The standard InChI is InChI=1S/C23H25Cl2N3O4/c1-5-16(7-6-14(3)26)8-13(2)22(25)28-15(4)9-19(31)20-21(28)18(24)10-27-23(20)32-12-17(30)11-29/h5,8-10,14,17,29-30H,1,11-12,26H2,2-4H3/b16-8+,22-13+. The number of pyridine rings is 2. The summed E-state index contributed by atoms with van der Waals surface area (Å²) in [7, 11) is 0. The average molecular weight is 478 g/mol. The van der Waals surface area contributed by atoms with Crippen LogP contribution in [0.25, 0.3) is 16.1 Å². The molecule has 9 heteroatoms. The zero-order valence-electron chi connectivity index (χ0n) is 18.0. The van der Waals surface area contributed by atoms with Crippen LogP contribution >= 0.6 is 23.2 Å². The van der Waals surface area contributed by atoms with Gasteiger partial charge < -0.3 is 25.3 Å². The molecule has 0 fully saturated rings. The quantitative estimate of drug-likeness (QED) is 0.417. The molecule has 0 aliphatic carbocycles. The Kier molecular flexibility index (Phi) is 9.08. The molecule has 0 saturated carbocycles. The van der Waals surface area contributed by atoms with E-state index in [1.807, 2.05) is 0 Å². The molecule has 4 N–H and O–H groups in total. The number of hydrogen-bond acceptors (Lipinski definition) is 6. The van der Waals surface area contributed by atoms with Crippen LogP contribution in [0.4, 0.5) is 0 Å². The number of allylic oxidation sites excluding steroid dienone is 4. The number of fused-ring (bicyclic) bond motifs is 1. The molecule has 0 amide bonds. The highest BCUT2D eigenvalue weighted by atomic mass is 35.5. The fourth-order valence-corrected chi connectivity index (χ4v) is 3.31. The van der Waals surface area contributed by atoms with Gasteiger partial charge in [0.1, 0.15) is 23.3 Å². The van der Waals surface area contributed by atoms with Crippen LogP contribution in [0.5, 0.6) is 5.88 Å². The van der Waals surface area contributed by atoms with Crippen LogP contribution < -0.4 is 15.9 Å². The van der Waals surface area contributed by atoms with Gasteiger partial charge in [0, 0.05) is 17.3 Å². The van der Waals surface area contributed by atoms with Gasteiger partial charge in [-0.1, -0.05) is 47.7 Å². The highest BCUT2D eigenvalue weighted by molar-refractivity contribution is 6.47. The van der Waals surface area contributed by atoms with Crippen LogP contribution in [0.2, 0.25) is 5.02 Å². The van der Waals surface area contributed by atoms with Gasteiger partial charge in [-0.2, -0.15) is 0 Å². The second-order valence-corrected chi connectivity index (χ2v) is 7.87. The summed E-state index contributed by atoms with van der Waals surface area (Å²) in [5.74, 6) is 5.77. The lowest BCUT2D eigenvalue weighted by molar-refractivity contribution is 0.0526. The lowest BCUT2D eigenvalue weighted by Crippen LogP contribution is -2.22. The van der Waals surface area contributed by atoms with E-state index in [4.69, 9.17) is 38.8 Å². The van der Waals surface area contributed by atoms with Gasteiger partial charge in [-0.15, -0.1) is 0 Å². The third kappa shape index (κ3) is 6.00. The highest BCUT2D eigenvalue weighted by Crippen LogP contribution is 2.32. The maximum Gasteiger partial charge on any atom is 0.227 e. The van der Waals surface area contributed by atoms with Gasteiger partial charge in [0.2, 0.25) is 5.88 Å². The number of aliphatic hydroxyl groups is 2. The molecule has 0 aromatic carbocycles. The Bertz CT molecular complexity index is 1200. The maximum absolute atomic E-state index is 12.8. The first-order chi connectivity index (χ1) is 15.1. The van der Waals surface area contributed by atoms with E-state index in [1.54, 1.807) is 37.5 Å². The van der Waals surface area contributed by atoms with E-state index in [1.165, 1.54) is 12.3 Å². The number of nitrogens with two attached hydrogens (primary N) is 1. The summed E-state index contributed by atoms with van der Waals surface area (Å²) in [5.41, 5.74) is 7.42. The number of ether oxygens (including phenoxy) is 1. The number of hydrogen-bond donors (Lipinski definition) is 3. The second-order valence-electron chi connectivity index (χ2n) is 7.10. The molecule has 2 heterocycles. The van der Waals surface area contributed by atoms with Crippen LogP contribution in [-0.4, -0.2) is 45.1 Å². The van der Waals surface area contributed by atoms with Crippen molar-refractivity contribution in [3.05, 3.63) is 63.1 Å². The normalized spacial score (nSPS) is 14.3. The average Bonchev–Trinajstić information content (AvgIpc) is 2.75. The van der Waals surface area contributed by atoms with Crippen LogP contribution in [-0.2, 0) is 0 Å². The number of nitrogens with zero attached hydrogens (tertiary/aromatic N) is 2. The second kappa shape index (κ2) is 11.3. The molecule has 0 saturated heterocycles. The lowest BCUT2D eigenvalue weighted by Gasteiger charge is -2.18. The van der Waals surface area contributed by atoms with E-state index in [2.05, 4.69) is 23.4 Å². The topological polar surface area (TPSA) is 111 Å². The molecule has 32 heavy (non-hydrogen) atoms. The van der Waals surface area contributed by atoms with Crippen molar-refractivity contribution in [3.63, 3.8) is 0 Å². The Morgan fingerprint density at radius 3 is 2.78 bits per heavy atom. The summed E-state index contributed by atoms with van der Waals surface area (Å²) in [5, 5.41) is 19.2. The molecular weight excluding hydrogens is 453 g/mol. The zero-order chi connectivity index (χ0) is 24.0. The summed E-state index contributed by atoms with van der Waals surface area (Å²) in [6, 6.07) is 1.09. The molecule has 0 aliphatic rings. The molecular formula is C23H25Cl2N3O4. The highest BCUT2D eigenvalue weighted by Gasteiger charge is 2.19. The molecule has 170 valence electrons. The summed E-state index contributed by atoms with van der Waals surface area (Å²) in [6.07, 6.45) is 3.55.